The van der Waals surface area contributed by atoms with Crippen molar-refractivity contribution in [3.05, 3.63) is 52.8 Å². The van der Waals surface area contributed by atoms with Crippen LogP contribution in [0, 0.1) is 5.82 Å². The summed E-state index contributed by atoms with van der Waals surface area (Å²) in [5, 5.41) is -0.0601. The largest absolute Gasteiger partial charge is 0.497 e. The quantitative estimate of drug-likeness (QED) is 0.615. The molecule has 2 heterocycles. The predicted octanol–water partition coefficient (Wildman–Crippen LogP) is 4.01. The second kappa shape index (κ2) is 8.70. The summed E-state index contributed by atoms with van der Waals surface area (Å²) in [4.78, 5) is 14.7. The molecule has 0 bridgehead atoms. The van der Waals surface area contributed by atoms with E-state index in [1.165, 1.54) is 18.2 Å². The Bertz CT molecular complexity index is 911. The van der Waals surface area contributed by atoms with E-state index >= 15 is 0 Å². The third-order valence-electron chi connectivity index (χ3n) is 5.44. The number of halogens is 2. The van der Waals surface area contributed by atoms with Crippen molar-refractivity contribution in [1.29, 1.82) is 0 Å². The van der Waals surface area contributed by atoms with E-state index in [0.717, 1.165) is 18.4 Å². The standard InChI is InChI=1S/C22H23ClFNO5/c1-27-16-8-13(9-17(10-16)28-2)20-21(30-14-5-6-19(24)18(23)11-14)22(26)25(20)12-15-4-3-7-29-15/h5-6,8-11,15,20-21H,3-4,7,12H2,1-2H3/t15-,20+,21+/m0/s1. The zero-order valence-corrected chi connectivity index (χ0v) is 17.5. The van der Waals surface area contributed by atoms with Crippen molar-refractivity contribution in [3.63, 3.8) is 0 Å². The fourth-order valence-corrected chi connectivity index (χ4v) is 4.07. The lowest BCUT2D eigenvalue weighted by Crippen LogP contribution is -2.62. The number of benzene rings is 2. The summed E-state index contributed by atoms with van der Waals surface area (Å²) in [6, 6.07) is 9.16. The van der Waals surface area contributed by atoms with Crippen LogP contribution in [-0.2, 0) is 9.53 Å². The number of amides is 1. The Labute approximate surface area is 179 Å². The van der Waals surface area contributed by atoms with E-state index in [9.17, 15) is 9.18 Å². The average Bonchev–Trinajstić information content (AvgIpc) is 3.27. The van der Waals surface area contributed by atoms with Gasteiger partial charge in [0, 0.05) is 25.3 Å². The van der Waals surface area contributed by atoms with Crippen molar-refractivity contribution in [2.24, 2.45) is 0 Å². The zero-order chi connectivity index (χ0) is 21.3. The third-order valence-corrected chi connectivity index (χ3v) is 5.73. The fraction of sp³-hybridized carbons (Fsp3) is 0.409. The Morgan fingerprint density at radius 3 is 2.47 bits per heavy atom. The normalized spacial score (nSPS) is 23.3. The lowest BCUT2D eigenvalue weighted by atomic mass is 9.89. The van der Waals surface area contributed by atoms with Gasteiger partial charge in [-0.05, 0) is 42.7 Å². The van der Waals surface area contributed by atoms with E-state index in [0.29, 0.717) is 30.4 Å². The Hall–Kier alpha value is -2.51. The summed E-state index contributed by atoms with van der Waals surface area (Å²) in [6.45, 7) is 1.19. The third kappa shape index (κ3) is 4.04. The van der Waals surface area contributed by atoms with Crippen LogP contribution in [0.1, 0.15) is 24.4 Å². The second-order valence-corrected chi connectivity index (χ2v) is 7.74. The summed E-state index contributed by atoms with van der Waals surface area (Å²) < 4.78 is 35.9. The molecule has 2 aromatic carbocycles. The molecular weight excluding hydrogens is 413 g/mol. The lowest BCUT2D eigenvalue weighted by Gasteiger charge is -2.47. The maximum absolute atomic E-state index is 13.5. The van der Waals surface area contributed by atoms with Crippen molar-refractivity contribution in [2.45, 2.75) is 31.1 Å². The molecule has 160 valence electrons. The highest BCUT2D eigenvalue weighted by molar-refractivity contribution is 6.30. The topological polar surface area (TPSA) is 57.2 Å². The Morgan fingerprint density at radius 1 is 1.13 bits per heavy atom. The molecule has 30 heavy (non-hydrogen) atoms. The Balaban J connectivity index is 1.64. The first-order chi connectivity index (χ1) is 14.5. The smallest absolute Gasteiger partial charge is 0.266 e. The van der Waals surface area contributed by atoms with Crippen LogP contribution in [0.15, 0.2) is 36.4 Å². The summed E-state index contributed by atoms with van der Waals surface area (Å²) in [7, 11) is 3.15. The Morgan fingerprint density at radius 2 is 1.87 bits per heavy atom. The monoisotopic (exact) mass is 435 g/mol. The molecule has 4 rings (SSSR count). The fourth-order valence-electron chi connectivity index (χ4n) is 3.89. The first-order valence-corrected chi connectivity index (χ1v) is 10.1. The summed E-state index contributed by atoms with van der Waals surface area (Å²) >= 11 is 5.87. The van der Waals surface area contributed by atoms with Gasteiger partial charge in [-0.2, -0.15) is 0 Å². The SMILES string of the molecule is COc1cc(OC)cc([C@@H]2[C@@H](Oc3ccc(F)c(Cl)c3)C(=O)N2C[C@@H]2CCCO2)c1. The van der Waals surface area contributed by atoms with Gasteiger partial charge in [-0.1, -0.05) is 11.6 Å². The molecular formula is C22H23ClFNO5. The summed E-state index contributed by atoms with van der Waals surface area (Å²) in [5.41, 5.74) is 0.821. The average molecular weight is 436 g/mol. The van der Waals surface area contributed by atoms with E-state index in [1.54, 1.807) is 25.2 Å². The van der Waals surface area contributed by atoms with Gasteiger partial charge in [0.15, 0.2) is 0 Å². The number of hydrogen-bond acceptors (Lipinski definition) is 5. The highest BCUT2D eigenvalue weighted by Gasteiger charge is 2.51. The van der Waals surface area contributed by atoms with Crippen LogP contribution in [0.3, 0.4) is 0 Å². The molecule has 0 saturated carbocycles. The van der Waals surface area contributed by atoms with Crippen molar-refractivity contribution in [3.8, 4) is 17.2 Å². The number of ether oxygens (including phenoxy) is 4. The molecule has 2 aliphatic heterocycles. The molecule has 2 fully saturated rings. The van der Waals surface area contributed by atoms with Crippen molar-refractivity contribution in [1.82, 2.24) is 4.90 Å². The number of methoxy groups -OCH3 is 2. The van der Waals surface area contributed by atoms with Gasteiger partial charge >= 0.3 is 0 Å². The van der Waals surface area contributed by atoms with Crippen LogP contribution in [-0.4, -0.2) is 50.4 Å². The van der Waals surface area contributed by atoms with Gasteiger partial charge in [0.2, 0.25) is 6.10 Å². The molecule has 2 saturated heterocycles. The minimum Gasteiger partial charge on any atom is -0.497 e. The molecule has 8 heteroatoms. The number of likely N-dealkylation sites (tertiary alicyclic amines) is 1. The number of carbonyl (C=O) groups excluding carboxylic acids is 1. The van der Waals surface area contributed by atoms with Gasteiger partial charge in [-0.15, -0.1) is 0 Å². The number of rotatable bonds is 7. The van der Waals surface area contributed by atoms with Crippen LogP contribution in [0.2, 0.25) is 5.02 Å². The molecule has 2 aliphatic rings. The van der Waals surface area contributed by atoms with Crippen molar-refractivity contribution >= 4 is 17.5 Å². The lowest BCUT2D eigenvalue weighted by molar-refractivity contribution is -0.167. The highest BCUT2D eigenvalue weighted by Crippen LogP contribution is 2.41. The summed E-state index contributed by atoms with van der Waals surface area (Å²) in [5.74, 6) is 0.862. The van der Waals surface area contributed by atoms with E-state index < -0.39 is 11.9 Å². The van der Waals surface area contributed by atoms with Gasteiger partial charge in [0.05, 0.1) is 25.3 Å². The molecule has 0 radical (unpaired) electrons. The van der Waals surface area contributed by atoms with Gasteiger partial charge in [0.1, 0.15) is 29.1 Å². The van der Waals surface area contributed by atoms with Crippen LogP contribution in [0.25, 0.3) is 0 Å². The first-order valence-electron chi connectivity index (χ1n) is 9.77. The molecule has 0 aliphatic carbocycles. The highest BCUT2D eigenvalue weighted by atomic mass is 35.5. The molecule has 0 N–H and O–H groups in total. The molecule has 6 nitrogen and oxygen atoms in total. The predicted molar refractivity (Wildman–Crippen MR) is 109 cm³/mol. The Kier molecular flexibility index (Phi) is 6.01. The maximum Gasteiger partial charge on any atom is 0.266 e. The van der Waals surface area contributed by atoms with E-state index in [-0.39, 0.29) is 23.1 Å². The van der Waals surface area contributed by atoms with Gasteiger partial charge in [-0.3, -0.25) is 4.79 Å². The molecule has 0 aromatic heterocycles. The molecule has 0 spiro atoms. The van der Waals surface area contributed by atoms with Gasteiger partial charge < -0.3 is 23.8 Å². The van der Waals surface area contributed by atoms with Crippen LogP contribution >= 0.6 is 11.6 Å². The molecule has 2 aromatic rings. The minimum atomic E-state index is -0.773. The number of carbonyl (C=O) groups is 1. The minimum absolute atomic E-state index is 0.00479. The van der Waals surface area contributed by atoms with Crippen molar-refractivity contribution in [2.75, 3.05) is 27.4 Å². The van der Waals surface area contributed by atoms with Crippen molar-refractivity contribution < 1.29 is 28.1 Å². The number of β-lactam (4-membered cyclic amide) rings is 1. The number of hydrogen-bond donors (Lipinski definition) is 0. The first kappa shape index (κ1) is 20.8. The van der Waals surface area contributed by atoms with E-state index in [2.05, 4.69) is 0 Å². The zero-order valence-electron chi connectivity index (χ0n) is 16.8. The number of nitrogens with zero attached hydrogens (tertiary/aromatic N) is 1. The molecule has 3 atom stereocenters. The molecule has 0 unspecified atom stereocenters. The van der Waals surface area contributed by atoms with Crippen LogP contribution in [0.5, 0.6) is 17.2 Å². The van der Waals surface area contributed by atoms with Gasteiger partial charge in [0.25, 0.3) is 5.91 Å². The second-order valence-electron chi connectivity index (χ2n) is 7.33. The maximum atomic E-state index is 13.5. The van der Waals surface area contributed by atoms with Crippen LogP contribution in [0.4, 0.5) is 4.39 Å². The van der Waals surface area contributed by atoms with Crippen LogP contribution < -0.4 is 14.2 Å². The summed E-state index contributed by atoms with van der Waals surface area (Å²) in [6.07, 6.45) is 1.13. The molecule has 1 amide bonds. The van der Waals surface area contributed by atoms with E-state index in [4.69, 9.17) is 30.5 Å². The van der Waals surface area contributed by atoms with Gasteiger partial charge in [-0.25, -0.2) is 4.39 Å². The van der Waals surface area contributed by atoms with E-state index in [1.807, 2.05) is 12.1 Å².